The molecule has 0 spiro atoms. The van der Waals surface area contributed by atoms with Gasteiger partial charge in [-0.15, -0.1) is 10.2 Å². The van der Waals surface area contributed by atoms with Crippen LogP contribution in [0.15, 0.2) is 45.4 Å². The summed E-state index contributed by atoms with van der Waals surface area (Å²) in [5, 5.41) is 14.9. The van der Waals surface area contributed by atoms with Gasteiger partial charge in [0.25, 0.3) is 0 Å². The molecular weight excluding hydrogens is 380 g/mol. The van der Waals surface area contributed by atoms with Crippen molar-refractivity contribution in [3.8, 4) is 0 Å². The summed E-state index contributed by atoms with van der Waals surface area (Å²) in [5.74, 6) is 0.805. The molecule has 0 fully saturated rings. The molecule has 1 atom stereocenters. The van der Waals surface area contributed by atoms with Gasteiger partial charge < -0.3 is 15.1 Å². The van der Waals surface area contributed by atoms with Gasteiger partial charge in [0.1, 0.15) is 5.76 Å². The Bertz CT molecular complexity index is 924. The van der Waals surface area contributed by atoms with E-state index in [-0.39, 0.29) is 11.2 Å². The second kappa shape index (κ2) is 8.14. The number of hydrogen-bond donors (Lipinski definition) is 2. The van der Waals surface area contributed by atoms with E-state index in [1.165, 1.54) is 40.6 Å². The number of aryl methyl sites for hydroxylation is 2. The lowest BCUT2D eigenvalue weighted by Crippen LogP contribution is -2.22. The number of hydrogen-bond acceptors (Lipinski definition) is 7. The normalized spacial score (nSPS) is 14.0. The maximum Gasteiger partial charge on any atom is 0.237 e. The van der Waals surface area contributed by atoms with Crippen LogP contribution in [0.1, 0.15) is 30.2 Å². The smallest absolute Gasteiger partial charge is 0.237 e. The number of furan rings is 1. The van der Waals surface area contributed by atoms with Crippen molar-refractivity contribution >= 4 is 39.8 Å². The highest BCUT2D eigenvalue weighted by Gasteiger charge is 2.18. The Labute approximate surface area is 165 Å². The van der Waals surface area contributed by atoms with E-state index < -0.39 is 0 Å². The molecule has 2 N–H and O–H groups in total. The number of amides is 1. The van der Waals surface area contributed by atoms with Crippen LogP contribution in [0.2, 0.25) is 0 Å². The molecule has 6 nitrogen and oxygen atoms in total. The molecule has 27 heavy (non-hydrogen) atoms. The molecule has 2 aromatic heterocycles. The van der Waals surface area contributed by atoms with Crippen molar-refractivity contribution in [2.75, 3.05) is 10.6 Å². The van der Waals surface area contributed by atoms with Crippen molar-refractivity contribution in [2.24, 2.45) is 0 Å². The fourth-order valence-electron chi connectivity index (χ4n) is 3.00. The van der Waals surface area contributed by atoms with Gasteiger partial charge in [-0.25, -0.2) is 0 Å². The molecule has 8 heteroatoms. The third-order valence-electron chi connectivity index (χ3n) is 4.41. The summed E-state index contributed by atoms with van der Waals surface area (Å²) in [4.78, 5) is 12.5. The highest BCUT2D eigenvalue weighted by Crippen LogP contribution is 2.30. The van der Waals surface area contributed by atoms with E-state index in [1.807, 2.05) is 25.1 Å². The number of carbonyl (C=O) groups is 1. The number of nitrogens with one attached hydrogen (secondary N) is 2. The monoisotopic (exact) mass is 400 g/mol. The Balaban J connectivity index is 1.30. The lowest BCUT2D eigenvalue weighted by Gasteiger charge is -2.11. The first-order valence-corrected chi connectivity index (χ1v) is 10.6. The van der Waals surface area contributed by atoms with Crippen LogP contribution in [0, 0.1) is 0 Å². The summed E-state index contributed by atoms with van der Waals surface area (Å²) < 4.78 is 6.04. The number of rotatable bonds is 7. The molecule has 1 aliphatic carbocycles. The van der Waals surface area contributed by atoms with Crippen molar-refractivity contribution in [3.05, 3.63) is 53.5 Å². The fraction of sp³-hybridized carbons (Fsp3) is 0.316. The standard InChI is InChI=1S/C19H20N4O2S2/c1-12(17(24)21-15-8-7-13-4-2-5-14(13)10-15)26-19-23-22-18(27-19)20-11-16-6-3-9-25-16/h3,6-10,12H,2,4-5,11H2,1H3,(H,20,22)(H,21,24)/t12-/m0/s1. The molecule has 0 unspecified atom stereocenters. The molecule has 4 rings (SSSR count). The van der Waals surface area contributed by atoms with Crippen molar-refractivity contribution in [1.82, 2.24) is 10.2 Å². The van der Waals surface area contributed by atoms with Crippen LogP contribution in [0.25, 0.3) is 0 Å². The van der Waals surface area contributed by atoms with Gasteiger partial charge in [-0.1, -0.05) is 29.2 Å². The van der Waals surface area contributed by atoms with Crippen LogP contribution < -0.4 is 10.6 Å². The van der Waals surface area contributed by atoms with Crippen LogP contribution in [-0.4, -0.2) is 21.4 Å². The van der Waals surface area contributed by atoms with Crippen molar-refractivity contribution in [3.63, 3.8) is 0 Å². The Morgan fingerprint density at radius 1 is 1.30 bits per heavy atom. The van der Waals surface area contributed by atoms with E-state index in [0.717, 1.165) is 28.6 Å². The van der Waals surface area contributed by atoms with E-state index in [2.05, 4.69) is 33.0 Å². The molecule has 140 valence electrons. The largest absolute Gasteiger partial charge is 0.467 e. The second-order valence-corrected chi connectivity index (χ2v) is 8.96. The SMILES string of the molecule is C[C@H](Sc1nnc(NCc2ccco2)s1)C(=O)Nc1ccc2c(c1)CCC2. The zero-order valence-electron chi connectivity index (χ0n) is 14.9. The summed E-state index contributed by atoms with van der Waals surface area (Å²) in [6.07, 6.45) is 5.08. The average molecular weight is 401 g/mol. The summed E-state index contributed by atoms with van der Waals surface area (Å²) >= 11 is 2.84. The van der Waals surface area contributed by atoms with Gasteiger partial charge in [-0.05, 0) is 61.6 Å². The minimum absolute atomic E-state index is 0.0294. The molecule has 3 aromatic rings. The number of aromatic nitrogens is 2. The van der Waals surface area contributed by atoms with E-state index in [4.69, 9.17) is 4.42 Å². The molecule has 0 saturated carbocycles. The maximum atomic E-state index is 12.5. The first kappa shape index (κ1) is 18.1. The molecular formula is C19H20N4O2S2. The number of fused-ring (bicyclic) bond motifs is 1. The number of nitrogens with zero attached hydrogens (tertiary/aromatic N) is 2. The van der Waals surface area contributed by atoms with Crippen LogP contribution in [0.5, 0.6) is 0 Å². The molecule has 0 aliphatic heterocycles. The van der Waals surface area contributed by atoms with Crippen LogP contribution in [-0.2, 0) is 24.2 Å². The van der Waals surface area contributed by atoms with Crippen LogP contribution in [0.3, 0.4) is 0 Å². The third-order valence-corrected chi connectivity index (χ3v) is 6.48. The molecule has 1 aliphatic rings. The van der Waals surface area contributed by atoms with Gasteiger partial charge in [0, 0.05) is 5.69 Å². The number of benzene rings is 1. The van der Waals surface area contributed by atoms with Gasteiger partial charge in [0.15, 0.2) is 4.34 Å². The minimum Gasteiger partial charge on any atom is -0.467 e. The van der Waals surface area contributed by atoms with Gasteiger partial charge >= 0.3 is 0 Å². The summed E-state index contributed by atoms with van der Waals surface area (Å²) in [7, 11) is 0. The zero-order valence-corrected chi connectivity index (χ0v) is 16.5. The van der Waals surface area contributed by atoms with Crippen molar-refractivity contribution in [2.45, 2.75) is 42.3 Å². The summed E-state index contributed by atoms with van der Waals surface area (Å²) in [6.45, 7) is 2.44. The fourth-order valence-corrected chi connectivity index (χ4v) is 4.89. The van der Waals surface area contributed by atoms with E-state index in [1.54, 1.807) is 6.26 Å². The predicted molar refractivity (Wildman–Crippen MR) is 108 cm³/mol. The molecule has 2 heterocycles. The van der Waals surface area contributed by atoms with Crippen molar-refractivity contribution < 1.29 is 9.21 Å². The molecule has 0 radical (unpaired) electrons. The minimum atomic E-state index is -0.260. The third kappa shape index (κ3) is 4.51. The predicted octanol–water partition coefficient (Wildman–Crippen LogP) is 4.35. The Morgan fingerprint density at radius 2 is 2.19 bits per heavy atom. The Morgan fingerprint density at radius 3 is 3.04 bits per heavy atom. The highest BCUT2D eigenvalue weighted by atomic mass is 32.2. The summed E-state index contributed by atoms with van der Waals surface area (Å²) in [5.41, 5.74) is 3.62. The zero-order chi connectivity index (χ0) is 18.6. The van der Waals surface area contributed by atoms with Gasteiger partial charge in [-0.2, -0.15) is 0 Å². The van der Waals surface area contributed by atoms with E-state index in [9.17, 15) is 4.79 Å². The quantitative estimate of drug-likeness (QED) is 0.574. The topological polar surface area (TPSA) is 80.1 Å². The maximum absolute atomic E-state index is 12.5. The molecule has 0 bridgehead atoms. The first-order valence-electron chi connectivity index (χ1n) is 8.86. The van der Waals surface area contributed by atoms with Crippen molar-refractivity contribution in [1.29, 1.82) is 0 Å². The van der Waals surface area contributed by atoms with E-state index >= 15 is 0 Å². The molecule has 1 aromatic carbocycles. The van der Waals surface area contributed by atoms with Gasteiger partial charge in [0.2, 0.25) is 11.0 Å². The van der Waals surface area contributed by atoms with Crippen LogP contribution >= 0.6 is 23.1 Å². The second-order valence-electron chi connectivity index (χ2n) is 6.39. The lowest BCUT2D eigenvalue weighted by atomic mass is 10.1. The van der Waals surface area contributed by atoms with Crippen LogP contribution in [0.4, 0.5) is 10.8 Å². The summed E-state index contributed by atoms with van der Waals surface area (Å²) in [6, 6.07) is 9.95. The average Bonchev–Trinajstić information content (AvgIpc) is 3.41. The lowest BCUT2D eigenvalue weighted by molar-refractivity contribution is -0.115. The number of thioether (sulfide) groups is 1. The number of anilines is 2. The highest BCUT2D eigenvalue weighted by molar-refractivity contribution is 8.02. The Kier molecular flexibility index (Phi) is 5.45. The van der Waals surface area contributed by atoms with Gasteiger partial charge in [-0.3, -0.25) is 4.79 Å². The Hall–Kier alpha value is -2.32. The molecule has 1 amide bonds. The van der Waals surface area contributed by atoms with E-state index in [0.29, 0.717) is 11.7 Å². The van der Waals surface area contributed by atoms with Gasteiger partial charge in [0.05, 0.1) is 18.1 Å². The first-order chi connectivity index (χ1) is 13.2. The number of carbonyl (C=O) groups excluding carboxylic acids is 1. The molecule has 0 saturated heterocycles.